The van der Waals surface area contributed by atoms with E-state index in [9.17, 15) is 4.79 Å². The Kier molecular flexibility index (Phi) is 4.60. The van der Waals surface area contributed by atoms with E-state index in [0.29, 0.717) is 18.9 Å². The van der Waals surface area contributed by atoms with Crippen molar-refractivity contribution in [3.63, 3.8) is 0 Å². The molecule has 0 bridgehead atoms. The Labute approximate surface area is 128 Å². The van der Waals surface area contributed by atoms with Gasteiger partial charge in [0.15, 0.2) is 0 Å². The van der Waals surface area contributed by atoms with Gasteiger partial charge >= 0.3 is 0 Å². The van der Waals surface area contributed by atoms with Gasteiger partial charge in [-0.3, -0.25) is 9.78 Å². The molecule has 4 nitrogen and oxygen atoms in total. The van der Waals surface area contributed by atoms with Crippen LogP contribution in [0.3, 0.4) is 0 Å². The highest BCUT2D eigenvalue weighted by Gasteiger charge is 2.17. The Morgan fingerprint density at radius 2 is 2.19 bits per heavy atom. The van der Waals surface area contributed by atoms with Gasteiger partial charge in [0.25, 0.3) is 0 Å². The van der Waals surface area contributed by atoms with Gasteiger partial charge in [0.05, 0.1) is 11.4 Å². The number of hydrogen-bond donors (Lipinski definition) is 1. The van der Waals surface area contributed by atoms with Crippen LogP contribution in [0.2, 0.25) is 0 Å². The van der Waals surface area contributed by atoms with Crippen LogP contribution in [0.25, 0.3) is 10.7 Å². The first-order valence-electron chi connectivity index (χ1n) is 7.46. The van der Waals surface area contributed by atoms with Gasteiger partial charge in [-0.15, -0.1) is 11.3 Å². The molecule has 1 fully saturated rings. The number of nitrogens with zero attached hydrogens (tertiary/aromatic N) is 2. The summed E-state index contributed by atoms with van der Waals surface area (Å²) in [6, 6.07) is 6.20. The van der Waals surface area contributed by atoms with E-state index < -0.39 is 0 Å². The molecule has 2 aromatic heterocycles. The molecule has 1 N–H and O–H groups in total. The Hall–Kier alpha value is -1.75. The summed E-state index contributed by atoms with van der Waals surface area (Å²) in [4.78, 5) is 20.8. The van der Waals surface area contributed by atoms with Crippen molar-refractivity contribution in [1.82, 2.24) is 15.3 Å². The first-order chi connectivity index (χ1) is 10.3. The van der Waals surface area contributed by atoms with Crippen molar-refractivity contribution in [3.8, 4) is 10.7 Å². The van der Waals surface area contributed by atoms with E-state index in [1.807, 2.05) is 23.6 Å². The summed E-state index contributed by atoms with van der Waals surface area (Å²) in [5, 5.41) is 6.05. The van der Waals surface area contributed by atoms with Gasteiger partial charge in [-0.1, -0.05) is 18.9 Å². The summed E-state index contributed by atoms with van der Waals surface area (Å²) in [7, 11) is 0. The van der Waals surface area contributed by atoms with Gasteiger partial charge in [-0.2, -0.15) is 0 Å². The minimum absolute atomic E-state index is 0.147. The molecule has 3 rings (SSSR count). The standard InChI is InChI=1S/C16H19N3OS/c20-15(18-12-5-1-2-6-12)9-8-13-11-21-16(19-13)14-7-3-4-10-17-14/h3-4,7,10-12H,1-2,5-6,8-9H2,(H,18,20). The van der Waals surface area contributed by atoms with Crippen LogP contribution in [0.4, 0.5) is 0 Å². The lowest BCUT2D eigenvalue weighted by atomic mass is 10.2. The second kappa shape index (κ2) is 6.80. The van der Waals surface area contributed by atoms with Crippen molar-refractivity contribution in [1.29, 1.82) is 0 Å². The van der Waals surface area contributed by atoms with Gasteiger partial charge in [-0.25, -0.2) is 4.98 Å². The molecule has 0 spiro atoms. The van der Waals surface area contributed by atoms with Crippen molar-refractivity contribution in [2.75, 3.05) is 0 Å². The maximum atomic E-state index is 11.9. The Balaban J connectivity index is 1.51. The number of nitrogens with one attached hydrogen (secondary N) is 1. The molecule has 1 aliphatic rings. The molecule has 0 saturated heterocycles. The van der Waals surface area contributed by atoms with E-state index in [2.05, 4.69) is 15.3 Å². The van der Waals surface area contributed by atoms with E-state index in [0.717, 1.165) is 29.2 Å². The van der Waals surface area contributed by atoms with E-state index in [1.165, 1.54) is 12.8 Å². The monoisotopic (exact) mass is 301 g/mol. The fourth-order valence-corrected chi connectivity index (χ4v) is 3.47. The molecule has 0 aliphatic heterocycles. The highest BCUT2D eigenvalue weighted by molar-refractivity contribution is 7.13. The maximum Gasteiger partial charge on any atom is 0.220 e. The quantitative estimate of drug-likeness (QED) is 0.922. The Morgan fingerprint density at radius 3 is 2.95 bits per heavy atom. The topological polar surface area (TPSA) is 54.9 Å². The molecule has 2 aromatic rings. The molecule has 0 radical (unpaired) electrons. The van der Waals surface area contributed by atoms with Gasteiger partial charge in [-0.05, 0) is 31.4 Å². The lowest BCUT2D eigenvalue weighted by Gasteiger charge is -2.11. The summed E-state index contributed by atoms with van der Waals surface area (Å²) < 4.78 is 0. The summed E-state index contributed by atoms with van der Waals surface area (Å²) in [6.45, 7) is 0. The maximum absolute atomic E-state index is 11.9. The normalized spacial score (nSPS) is 15.2. The highest BCUT2D eigenvalue weighted by Crippen LogP contribution is 2.22. The van der Waals surface area contributed by atoms with Gasteiger partial charge in [0.1, 0.15) is 5.01 Å². The summed E-state index contributed by atoms with van der Waals surface area (Å²) in [6.07, 6.45) is 7.72. The van der Waals surface area contributed by atoms with Crippen molar-refractivity contribution in [2.45, 2.75) is 44.6 Å². The number of carbonyl (C=O) groups is 1. The zero-order valence-corrected chi connectivity index (χ0v) is 12.7. The molecule has 0 unspecified atom stereocenters. The van der Waals surface area contributed by atoms with E-state index in [-0.39, 0.29) is 5.91 Å². The predicted octanol–water partition coefficient (Wildman–Crippen LogP) is 3.20. The van der Waals surface area contributed by atoms with Crippen molar-refractivity contribution >= 4 is 17.2 Å². The van der Waals surface area contributed by atoms with Crippen LogP contribution >= 0.6 is 11.3 Å². The zero-order chi connectivity index (χ0) is 14.5. The zero-order valence-electron chi connectivity index (χ0n) is 11.9. The van der Waals surface area contributed by atoms with Crippen LogP contribution < -0.4 is 5.32 Å². The van der Waals surface area contributed by atoms with E-state index >= 15 is 0 Å². The van der Waals surface area contributed by atoms with Crippen LogP contribution in [0.1, 0.15) is 37.8 Å². The molecule has 0 aromatic carbocycles. The molecule has 1 amide bonds. The molecule has 2 heterocycles. The minimum Gasteiger partial charge on any atom is -0.353 e. The molecule has 1 saturated carbocycles. The van der Waals surface area contributed by atoms with Crippen molar-refractivity contribution in [3.05, 3.63) is 35.5 Å². The fraction of sp³-hybridized carbons (Fsp3) is 0.438. The fourth-order valence-electron chi connectivity index (χ4n) is 2.64. The smallest absolute Gasteiger partial charge is 0.220 e. The number of aromatic nitrogens is 2. The predicted molar refractivity (Wildman–Crippen MR) is 84.1 cm³/mol. The van der Waals surface area contributed by atoms with Crippen LogP contribution in [0, 0.1) is 0 Å². The number of hydrogen-bond acceptors (Lipinski definition) is 4. The average Bonchev–Trinajstić information content (AvgIpc) is 3.17. The first kappa shape index (κ1) is 14.2. The molecule has 21 heavy (non-hydrogen) atoms. The second-order valence-electron chi connectivity index (χ2n) is 5.41. The van der Waals surface area contributed by atoms with Crippen LogP contribution in [0.5, 0.6) is 0 Å². The molecule has 0 atom stereocenters. The number of pyridine rings is 1. The minimum atomic E-state index is 0.147. The van der Waals surface area contributed by atoms with Crippen LogP contribution in [-0.4, -0.2) is 21.9 Å². The lowest BCUT2D eigenvalue weighted by Crippen LogP contribution is -2.32. The third-order valence-electron chi connectivity index (χ3n) is 3.76. The Morgan fingerprint density at radius 1 is 1.33 bits per heavy atom. The summed E-state index contributed by atoms with van der Waals surface area (Å²) in [5.41, 5.74) is 1.87. The molecule has 1 aliphatic carbocycles. The lowest BCUT2D eigenvalue weighted by molar-refractivity contribution is -0.121. The third-order valence-corrected chi connectivity index (χ3v) is 4.68. The Bertz CT molecular complexity index is 591. The molecular weight excluding hydrogens is 282 g/mol. The number of thiazole rings is 1. The van der Waals surface area contributed by atoms with Gasteiger partial charge in [0, 0.05) is 24.0 Å². The van der Waals surface area contributed by atoms with Gasteiger partial charge in [0.2, 0.25) is 5.91 Å². The van der Waals surface area contributed by atoms with E-state index in [4.69, 9.17) is 0 Å². The number of aryl methyl sites for hydroxylation is 1. The molecular formula is C16H19N3OS. The highest BCUT2D eigenvalue weighted by atomic mass is 32.1. The SMILES string of the molecule is O=C(CCc1csc(-c2ccccn2)n1)NC1CCCC1. The number of carbonyl (C=O) groups excluding carboxylic acids is 1. The third kappa shape index (κ3) is 3.88. The first-order valence-corrected chi connectivity index (χ1v) is 8.34. The summed E-state index contributed by atoms with van der Waals surface area (Å²) >= 11 is 1.58. The largest absolute Gasteiger partial charge is 0.353 e. The average molecular weight is 301 g/mol. The van der Waals surface area contributed by atoms with Crippen LogP contribution in [0.15, 0.2) is 29.8 Å². The number of amides is 1. The van der Waals surface area contributed by atoms with Crippen LogP contribution in [-0.2, 0) is 11.2 Å². The van der Waals surface area contributed by atoms with Crippen molar-refractivity contribution in [2.24, 2.45) is 0 Å². The van der Waals surface area contributed by atoms with Gasteiger partial charge < -0.3 is 5.32 Å². The van der Waals surface area contributed by atoms with E-state index in [1.54, 1.807) is 17.5 Å². The number of rotatable bonds is 5. The molecule has 5 heteroatoms. The summed E-state index contributed by atoms with van der Waals surface area (Å²) in [5.74, 6) is 0.147. The van der Waals surface area contributed by atoms with Crippen molar-refractivity contribution < 1.29 is 4.79 Å². The second-order valence-corrected chi connectivity index (χ2v) is 6.27. The molecule has 110 valence electrons.